The minimum atomic E-state index is 0.482. The van der Waals surface area contributed by atoms with Gasteiger partial charge in [0, 0.05) is 18.6 Å². The molecule has 1 rings (SSSR count). The maximum absolute atomic E-state index is 3.87. The van der Waals surface area contributed by atoms with Gasteiger partial charge in [0.1, 0.15) is 0 Å². The Morgan fingerprint density at radius 1 is 1.24 bits per heavy atom. The molecule has 2 nitrogen and oxygen atoms in total. The van der Waals surface area contributed by atoms with E-state index in [9.17, 15) is 0 Å². The van der Waals surface area contributed by atoms with E-state index in [4.69, 9.17) is 0 Å². The third-order valence-electron chi connectivity index (χ3n) is 4.42. The molecule has 0 amide bonds. The Bertz CT molecular complexity index is 209. The predicted octanol–water partition coefficient (Wildman–Crippen LogP) is 3.28. The van der Waals surface area contributed by atoms with Crippen LogP contribution in [0, 0.1) is 5.41 Å². The second-order valence-corrected chi connectivity index (χ2v) is 6.34. The molecule has 0 aromatic heterocycles. The Labute approximate surface area is 108 Å². The van der Waals surface area contributed by atoms with Crippen molar-refractivity contribution < 1.29 is 0 Å². The highest BCUT2D eigenvalue weighted by Crippen LogP contribution is 2.35. The molecule has 1 N–H and O–H groups in total. The summed E-state index contributed by atoms with van der Waals surface area (Å²) in [4.78, 5) is 2.51. The predicted molar refractivity (Wildman–Crippen MR) is 76.4 cm³/mol. The molecule has 17 heavy (non-hydrogen) atoms. The van der Waals surface area contributed by atoms with Crippen molar-refractivity contribution in [3.63, 3.8) is 0 Å². The van der Waals surface area contributed by atoms with Gasteiger partial charge in [-0.1, -0.05) is 40.5 Å². The fourth-order valence-electron chi connectivity index (χ4n) is 3.07. The van der Waals surface area contributed by atoms with Gasteiger partial charge in [0.25, 0.3) is 0 Å². The minimum Gasteiger partial charge on any atom is -0.310 e. The van der Waals surface area contributed by atoms with Gasteiger partial charge in [-0.2, -0.15) is 0 Å². The van der Waals surface area contributed by atoms with E-state index >= 15 is 0 Å². The maximum atomic E-state index is 3.87. The molecule has 2 unspecified atom stereocenters. The highest BCUT2D eigenvalue weighted by atomic mass is 15.1. The summed E-state index contributed by atoms with van der Waals surface area (Å²) in [6.45, 7) is 15.2. The number of hydrogen-bond donors (Lipinski definition) is 1. The van der Waals surface area contributed by atoms with Crippen molar-refractivity contribution in [1.82, 2.24) is 10.2 Å². The van der Waals surface area contributed by atoms with Gasteiger partial charge < -0.3 is 10.2 Å². The van der Waals surface area contributed by atoms with Gasteiger partial charge in [0.15, 0.2) is 0 Å². The van der Waals surface area contributed by atoms with Crippen LogP contribution in [-0.4, -0.2) is 36.6 Å². The van der Waals surface area contributed by atoms with Gasteiger partial charge in [-0.3, -0.25) is 0 Å². The summed E-state index contributed by atoms with van der Waals surface area (Å²) in [6.07, 6.45) is 5.55. The molecule has 2 atom stereocenters. The zero-order valence-electron chi connectivity index (χ0n) is 12.6. The number of rotatable bonds is 6. The van der Waals surface area contributed by atoms with Gasteiger partial charge in [-0.15, -0.1) is 0 Å². The molecule has 1 saturated carbocycles. The molecule has 0 saturated heterocycles. The summed E-state index contributed by atoms with van der Waals surface area (Å²) in [5.74, 6) is 0. The van der Waals surface area contributed by atoms with Crippen LogP contribution >= 0.6 is 0 Å². The van der Waals surface area contributed by atoms with E-state index in [1.54, 1.807) is 0 Å². The second-order valence-electron chi connectivity index (χ2n) is 6.34. The van der Waals surface area contributed by atoms with Gasteiger partial charge in [0.2, 0.25) is 0 Å². The van der Waals surface area contributed by atoms with E-state index in [0.717, 1.165) is 13.1 Å². The van der Waals surface area contributed by atoms with Crippen LogP contribution in [0.5, 0.6) is 0 Å². The molecule has 0 spiro atoms. The largest absolute Gasteiger partial charge is 0.310 e. The van der Waals surface area contributed by atoms with Crippen LogP contribution in [0.15, 0.2) is 0 Å². The minimum absolute atomic E-state index is 0.482. The lowest BCUT2D eigenvalue weighted by Gasteiger charge is -2.41. The van der Waals surface area contributed by atoms with Crippen LogP contribution in [0.3, 0.4) is 0 Å². The quantitative estimate of drug-likeness (QED) is 0.766. The number of nitrogens with one attached hydrogen (secondary N) is 1. The first kappa shape index (κ1) is 15.0. The first-order chi connectivity index (χ1) is 7.99. The molecule has 1 aliphatic carbocycles. The van der Waals surface area contributed by atoms with Gasteiger partial charge in [-0.25, -0.2) is 0 Å². The van der Waals surface area contributed by atoms with E-state index in [2.05, 4.69) is 44.8 Å². The van der Waals surface area contributed by atoms with Crippen LogP contribution in [0.1, 0.15) is 60.3 Å². The summed E-state index contributed by atoms with van der Waals surface area (Å²) < 4.78 is 0. The lowest BCUT2D eigenvalue weighted by molar-refractivity contribution is 0.146. The molecule has 0 aliphatic heterocycles. The lowest BCUT2D eigenvalue weighted by Crippen LogP contribution is -2.50. The lowest BCUT2D eigenvalue weighted by atomic mass is 9.73. The molecule has 1 aliphatic rings. The SMILES string of the molecule is CCN(CC)CC(C)NC1CCCCC1(C)C. The van der Waals surface area contributed by atoms with Crippen molar-refractivity contribution in [3.8, 4) is 0 Å². The zero-order chi connectivity index (χ0) is 12.9. The molecular formula is C15H32N2. The molecule has 2 heteroatoms. The maximum Gasteiger partial charge on any atom is 0.0169 e. The smallest absolute Gasteiger partial charge is 0.0169 e. The summed E-state index contributed by atoms with van der Waals surface area (Å²) in [7, 11) is 0. The Hall–Kier alpha value is -0.0800. The van der Waals surface area contributed by atoms with Crippen molar-refractivity contribution in [2.75, 3.05) is 19.6 Å². The summed E-state index contributed by atoms with van der Waals surface area (Å²) in [5, 5.41) is 3.87. The average Bonchev–Trinajstić information content (AvgIpc) is 2.28. The highest BCUT2D eigenvalue weighted by molar-refractivity contribution is 4.89. The Kier molecular flexibility index (Phi) is 5.94. The van der Waals surface area contributed by atoms with Crippen molar-refractivity contribution >= 4 is 0 Å². The Morgan fingerprint density at radius 2 is 1.88 bits per heavy atom. The van der Waals surface area contributed by atoms with Crippen molar-refractivity contribution in [1.29, 1.82) is 0 Å². The zero-order valence-corrected chi connectivity index (χ0v) is 12.6. The number of likely N-dealkylation sites (N-methyl/N-ethyl adjacent to an activating group) is 1. The van der Waals surface area contributed by atoms with Crippen LogP contribution in [0.25, 0.3) is 0 Å². The summed E-state index contributed by atoms with van der Waals surface area (Å²) in [6, 6.07) is 1.32. The van der Waals surface area contributed by atoms with Crippen LogP contribution in [-0.2, 0) is 0 Å². The van der Waals surface area contributed by atoms with Gasteiger partial charge in [-0.05, 0) is 38.3 Å². The van der Waals surface area contributed by atoms with E-state index in [-0.39, 0.29) is 0 Å². The molecule has 1 fully saturated rings. The molecule has 0 aromatic carbocycles. The van der Waals surface area contributed by atoms with Crippen molar-refractivity contribution in [2.24, 2.45) is 5.41 Å². The monoisotopic (exact) mass is 240 g/mol. The second kappa shape index (κ2) is 6.75. The first-order valence-electron chi connectivity index (χ1n) is 7.48. The molecular weight excluding hydrogens is 208 g/mol. The molecule has 0 radical (unpaired) electrons. The van der Waals surface area contributed by atoms with Crippen molar-refractivity contribution in [2.45, 2.75) is 72.4 Å². The molecule has 0 aromatic rings. The van der Waals surface area contributed by atoms with Crippen molar-refractivity contribution in [3.05, 3.63) is 0 Å². The average molecular weight is 240 g/mol. The van der Waals surface area contributed by atoms with E-state index in [0.29, 0.717) is 17.5 Å². The van der Waals surface area contributed by atoms with Crippen LogP contribution in [0.2, 0.25) is 0 Å². The summed E-state index contributed by atoms with van der Waals surface area (Å²) >= 11 is 0. The van der Waals surface area contributed by atoms with Crippen LogP contribution in [0.4, 0.5) is 0 Å². The highest BCUT2D eigenvalue weighted by Gasteiger charge is 2.32. The van der Waals surface area contributed by atoms with E-state index < -0.39 is 0 Å². The van der Waals surface area contributed by atoms with Crippen LogP contribution < -0.4 is 5.32 Å². The molecule has 102 valence electrons. The number of nitrogens with zero attached hydrogens (tertiary/aromatic N) is 1. The normalized spacial score (nSPS) is 26.1. The van der Waals surface area contributed by atoms with Gasteiger partial charge in [0.05, 0.1) is 0 Å². The van der Waals surface area contributed by atoms with E-state index in [1.807, 2.05) is 0 Å². The fraction of sp³-hybridized carbons (Fsp3) is 1.00. The Morgan fingerprint density at radius 3 is 2.41 bits per heavy atom. The fourth-order valence-corrected chi connectivity index (χ4v) is 3.07. The van der Waals surface area contributed by atoms with E-state index in [1.165, 1.54) is 32.2 Å². The Balaban J connectivity index is 2.41. The topological polar surface area (TPSA) is 15.3 Å². The molecule has 0 heterocycles. The molecule has 0 bridgehead atoms. The first-order valence-corrected chi connectivity index (χ1v) is 7.48. The summed E-state index contributed by atoms with van der Waals surface area (Å²) in [5.41, 5.74) is 0.482. The number of hydrogen-bond acceptors (Lipinski definition) is 2. The standard InChI is InChI=1S/C15H32N2/c1-6-17(7-2)12-13(3)16-14-10-8-9-11-15(14,4)5/h13-14,16H,6-12H2,1-5H3. The van der Waals surface area contributed by atoms with Gasteiger partial charge >= 0.3 is 0 Å². The third kappa shape index (κ3) is 4.59. The third-order valence-corrected chi connectivity index (χ3v) is 4.42.